The third-order valence-corrected chi connectivity index (χ3v) is 3.04. The number of rotatable bonds is 4. The molecular formula is C16H18N4. The second-order valence-corrected chi connectivity index (χ2v) is 5.23. The van der Waals surface area contributed by atoms with Gasteiger partial charge in [-0.15, -0.1) is 10.2 Å². The van der Waals surface area contributed by atoms with Crippen molar-refractivity contribution in [3.8, 4) is 17.5 Å². The Balaban J connectivity index is 2.18. The Morgan fingerprint density at radius 1 is 1.10 bits per heavy atom. The number of benzene rings is 1. The Labute approximate surface area is 119 Å². The second-order valence-electron chi connectivity index (χ2n) is 5.23. The van der Waals surface area contributed by atoms with E-state index < -0.39 is 0 Å². The summed E-state index contributed by atoms with van der Waals surface area (Å²) in [6, 6.07) is 12.1. The molecule has 0 saturated carbocycles. The average molecular weight is 266 g/mol. The normalized spacial score (nSPS) is 10.3. The summed E-state index contributed by atoms with van der Waals surface area (Å²) in [5.74, 6) is 1.20. The summed E-state index contributed by atoms with van der Waals surface area (Å²) >= 11 is 0. The molecule has 2 aromatic rings. The van der Waals surface area contributed by atoms with Crippen LogP contribution in [0, 0.1) is 17.4 Å². The number of nitriles is 1. The number of hydrogen-bond acceptors (Lipinski definition) is 4. The predicted molar refractivity (Wildman–Crippen MR) is 80.0 cm³/mol. The van der Waals surface area contributed by atoms with Crippen molar-refractivity contribution in [3.63, 3.8) is 0 Å². The molecule has 0 atom stereocenters. The fraction of sp³-hybridized carbons (Fsp3) is 0.312. The number of aromatic nitrogens is 2. The number of anilines is 1. The highest BCUT2D eigenvalue weighted by Crippen LogP contribution is 2.19. The maximum atomic E-state index is 8.79. The summed E-state index contributed by atoms with van der Waals surface area (Å²) in [5, 5.41) is 17.0. The molecule has 1 aromatic carbocycles. The molecule has 0 aliphatic rings. The molecular weight excluding hydrogens is 248 g/mol. The highest BCUT2D eigenvalue weighted by atomic mass is 15.2. The summed E-state index contributed by atoms with van der Waals surface area (Å²) in [7, 11) is 1.66. The van der Waals surface area contributed by atoms with E-state index in [4.69, 9.17) is 5.26 Å². The van der Waals surface area contributed by atoms with Gasteiger partial charge in [0.15, 0.2) is 12.0 Å². The molecule has 20 heavy (non-hydrogen) atoms. The lowest BCUT2D eigenvalue weighted by Gasteiger charge is -2.08. The van der Waals surface area contributed by atoms with Crippen LogP contribution in [0.15, 0.2) is 36.4 Å². The van der Waals surface area contributed by atoms with Crippen LogP contribution in [0.25, 0.3) is 11.3 Å². The zero-order valence-electron chi connectivity index (χ0n) is 12.0. The largest absolute Gasteiger partial charge is 0.265 e. The number of nitrogens with zero attached hydrogens (tertiary/aromatic N) is 4. The molecule has 2 rings (SSSR count). The van der Waals surface area contributed by atoms with E-state index in [2.05, 4.69) is 48.3 Å². The SMILES string of the molecule is CC(C)Cc1ccc(-c2ccc(N(C)C#N)nn2)cc1. The molecule has 0 aliphatic heterocycles. The van der Waals surface area contributed by atoms with Gasteiger partial charge in [-0.05, 0) is 30.0 Å². The summed E-state index contributed by atoms with van der Waals surface area (Å²) in [5.41, 5.74) is 3.19. The van der Waals surface area contributed by atoms with Crippen molar-refractivity contribution < 1.29 is 0 Å². The fourth-order valence-corrected chi connectivity index (χ4v) is 1.99. The molecule has 0 saturated heterocycles. The van der Waals surface area contributed by atoms with Crippen molar-refractivity contribution in [1.82, 2.24) is 10.2 Å². The summed E-state index contributed by atoms with van der Waals surface area (Å²) in [6.07, 6.45) is 3.08. The van der Waals surface area contributed by atoms with E-state index >= 15 is 0 Å². The van der Waals surface area contributed by atoms with E-state index in [1.165, 1.54) is 10.5 Å². The predicted octanol–water partition coefficient (Wildman–Crippen LogP) is 3.26. The van der Waals surface area contributed by atoms with Crippen LogP contribution in [0.5, 0.6) is 0 Å². The van der Waals surface area contributed by atoms with Crippen molar-refractivity contribution in [1.29, 1.82) is 5.26 Å². The van der Waals surface area contributed by atoms with E-state index in [1.54, 1.807) is 13.1 Å². The maximum Gasteiger partial charge on any atom is 0.185 e. The van der Waals surface area contributed by atoms with Gasteiger partial charge in [-0.2, -0.15) is 5.26 Å². The Bertz CT molecular complexity index is 594. The standard InChI is InChI=1S/C16H18N4/c1-12(2)10-13-4-6-14(7-5-13)15-8-9-16(19-18-15)20(3)11-17/h4-9,12H,10H2,1-3H3. The molecule has 0 fully saturated rings. The van der Waals surface area contributed by atoms with Gasteiger partial charge in [-0.25, -0.2) is 0 Å². The Morgan fingerprint density at radius 2 is 1.80 bits per heavy atom. The summed E-state index contributed by atoms with van der Waals surface area (Å²) < 4.78 is 0. The molecule has 1 heterocycles. The second kappa shape index (κ2) is 6.16. The van der Waals surface area contributed by atoms with Crippen molar-refractivity contribution in [2.24, 2.45) is 5.92 Å². The average Bonchev–Trinajstić information content (AvgIpc) is 2.47. The van der Waals surface area contributed by atoms with E-state index in [0.29, 0.717) is 11.7 Å². The quantitative estimate of drug-likeness (QED) is 0.629. The van der Waals surface area contributed by atoms with Crippen molar-refractivity contribution in [2.75, 3.05) is 11.9 Å². The molecule has 0 spiro atoms. The van der Waals surface area contributed by atoms with Gasteiger partial charge in [0.05, 0.1) is 5.69 Å². The minimum absolute atomic E-state index is 0.549. The molecule has 4 heteroatoms. The Hall–Kier alpha value is -2.41. The van der Waals surface area contributed by atoms with Gasteiger partial charge in [0.2, 0.25) is 0 Å². The van der Waals surface area contributed by atoms with Crippen molar-refractivity contribution >= 4 is 5.82 Å². The molecule has 4 nitrogen and oxygen atoms in total. The van der Waals surface area contributed by atoms with Gasteiger partial charge in [0, 0.05) is 12.6 Å². The first-order chi connectivity index (χ1) is 9.60. The number of hydrogen-bond donors (Lipinski definition) is 0. The van der Waals surface area contributed by atoms with E-state index in [9.17, 15) is 0 Å². The lowest BCUT2D eigenvalue weighted by molar-refractivity contribution is 0.647. The molecule has 0 unspecified atom stereocenters. The third kappa shape index (κ3) is 3.33. The van der Waals surface area contributed by atoms with Gasteiger partial charge in [-0.1, -0.05) is 38.1 Å². The zero-order chi connectivity index (χ0) is 14.5. The third-order valence-electron chi connectivity index (χ3n) is 3.04. The van der Waals surface area contributed by atoms with Gasteiger partial charge >= 0.3 is 0 Å². The molecule has 0 bridgehead atoms. The first kappa shape index (κ1) is 14.0. The monoisotopic (exact) mass is 266 g/mol. The molecule has 0 radical (unpaired) electrons. The van der Waals surface area contributed by atoms with Gasteiger partial charge in [-0.3, -0.25) is 4.90 Å². The molecule has 1 aromatic heterocycles. The minimum Gasteiger partial charge on any atom is -0.265 e. The first-order valence-electron chi connectivity index (χ1n) is 6.66. The lowest BCUT2D eigenvalue weighted by Crippen LogP contribution is -2.10. The fourth-order valence-electron chi connectivity index (χ4n) is 1.99. The minimum atomic E-state index is 0.549. The van der Waals surface area contributed by atoms with Crippen LogP contribution in [0.1, 0.15) is 19.4 Å². The zero-order valence-corrected chi connectivity index (χ0v) is 12.0. The lowest BCUT2D eigenvalue weighted by atomic mass is 10.0. The van der Waals surface area contributed by atoms with Crippen LogP contribution >= 0.6 is 0 Å². The smallest absolute Gasteiger partial charge is 0.185 e. The van der Waals surface area contributed by atoms with Crippen LogP contribution in [0.4, 0.5) is 5.82 Å². The van der Waals surface area contributed by atoms with Crippen LogP contribution in [-0.4, -0.2) is 17.2 Å². The Kier molecular flexibility index (Phi) is 4.31. The van der Waals surface area contributed by atoms with E-state index in [1.807, 2.05) is 12.3 Å². The first-order valence-corrected chi connectivity index (χ1v) is 6.66. The topological polar surface area (TPSA) is 52.8 Å². The van der Waals surface area contributed by atoms with Crippen LogP contribution in [0.2, 0.25) is 0 Å². The highest BCUT2D eigenvalue weighted by Gasteiger charge is 2.05. The van der Waals surface area contributed by atoms with Crippen molar-refractivity contribution in [3.05, 3.63) is 42.0 Å². The van der Waals surface area contributed by atoms with Gasteiger partial charge < -0.3 is 0 Å². The van der Waals surface area contributed by atoms with E-state index in [0.717, 1.165) is 17.7 Å². The van der Waals surface area contributed by atoms with Crippen LogP contribution < -0.4 is 4.90 Å². The van der Waals surface area contributed by atoms with Gasteiger partial charge in [0.25, 0.3) is 0 Å². The van der Waals surface area contributed by atoms with Gasteiger partial charge in [0.1, 0.15) is 0 Å². The molecule has 0 amide bonds. The summed E-state index contributed by atoms with van der Waals surface area (Å²) in [4.78, 5) is 1.38. The highest BCUT2D eigenvalue weighted by molar-refractivity contribution is 5.60. The maximum absolute atomic E-state index is 8.79. The van der Waals surface area contributed by atoms with E-state index in [-0.39, 0.29) is 0 Å². The molecule has 102 valence electrons. The van der Waals surface area contributed by atoms with Crippen molar-refractivity contribution in [2.45, 2.75) is 20.3 Å². The Morgan fingerprint density at radius 3 is 2.30 bits per heavy atom. The summed E-state index contributed by atoms with van der Waals surface area (Å²) in [6.45, 7) is 4.42. The van der Waals surface area contributed by atoms with Crippen LogP contribution in [0.3, 0.4) is 0 Å². The molecule has 0 aliphatic carbocycles. The molecule has 0 N–H and O–H groups in total. The van der Waals surface area contributed by atoms with Crippen LogP contribution in [-0.2, 0) is 6.42 Å².